The minimum Gasteiger partial charge on any atom is -0.355 e. The summed E-state index contributed by atoms with van der Waals surface area (Å²) < 4.78 is 27.4. The molecule has 1 heterocycles. The third kappa shape index (κ3) is 3.87. The first-order valence-corrected chi connectivity index (χ1v) is 9.42. The lowest BCUT2D eigenvalue weighted by Crippen LogP contribution is -2.46. The van der Waals surface area contributed by atoms with Crippen molar-refractivity contribution < 1.29 is 13.2 Å². The highest BCUT2D eigenvalue weighted by Gasteiger charge is 2.33. The monoisotopic (exact) mass is 389 g/mol. The van der Waals surface area contributed by atoms with Crippen LogP contribution in [0, 0.1) is 5.92 Å². The highest BCUT2D eigenvalue weighted by molar-refractivity contribution is 9.10. The summed E-state index contributed by atoms with van der Waals surface area (Å²) in [5, 5.41) is 2.73. The highest BCUT2D eigenvalue weighted by Crippen LogP contribution is 2.28. The number of nitrogens with zero attached hydrogens (tertiary/aromatic N) is 1. The molecule has 1 fully saturated rings. The number of hydrogen-bond donors (Lipinski definition) is 2. The van der Waals surface area contributed by atoms with E-state index in [0.29, 0.717) is 36.9 Å². The predicted molar refractivity (Wildman–Crippen MR) is 87.7 cm³/mol. The number of nitrogens with two attached hydrogens (primary N) is 1. The standard InChI is InChI=1S/C14H20BrN3O3S/c15-12-5-1-2-6-13(12)22(20,21)18-9-3-4-11(10-18)14(19)17-8-7-16/h1-2,5-6,11H,3-4,7-10,16H2,(H,17,19). The fraction of sp³-hybridized carbons (Fsp3) is 0.500. The maximum absolute atomic E-state index is 12.7. The topological polar surface area (TPSA) is 92.5 Å². The molecule has 3 N–H and O–H groups in total. The lowest BCUT2D eigenvalue weighted by atomic mass is 9.99. The van der Waals surface area contributed by atoms with Crippen molar-refractivity contribution in [3.63, 3.8) is 0 Å². The van der Waals surface area contributed by atoms with Gasteiger partial charge in [-0.3, -0.25) is 4.79 Å². The minimum absolute atomic E-state index is 0.127. The number of carbonyl (C=O) groups excluding carboxylic acids is 1. The van der Waals surface area contributed by atoms with Crippen LogP contribution in [0.5, 0.6) is 0 Å². The molecule has 1 saturated heterocycles. The van der Waals surface area contributed by atoms with Crippen LogP contribution in [0.2, 0.25) is 0 Å². The van der Waals surface area contributed by atoms with Gasteiger partial charge in [0.15, 0.2) is 0 Å². The highest BCUT2D eigenvalue weighted by atomic mass is 79.9. The van der Waals surface area contributed by atoms with Crippen LogP contribution in [0.3, 0.4) is 0 Å². The zero-order chi connectivity index (χ0) is 16.2. The Morgan fingerprint density at radius 3 is 2.82 bits per heavy atom. The van der Waals surface area contributed by atoms with E-state index in [2.05, 4.69) is 21.2 Å². The molecule has 0 spiro atoms. The van der Waals surface area contributed by atoms with Gasteiger partial charge in [-0.25, -0.2) is 8.42 Å². The van der Waals surface area contributed by atoms with Crippen LogP contribution in [-0.2, 0) is 14.8 Å². The summed E-state index contributed by atoms with van der Waals surface area (Å²) in [5.41, 5.74) is 5.37. The number of rotatable bonds is 5. The molecule has 1 aliphatic heterocycles. The first-order valence-electron chi connectivity index (χ1n) is 7.19. The molecule has 1 unspecified atom stereocenters. The van der Waals surface area contributed by atoms with Gasteiger partial charge in [-0.1, -0.05) is 12.1 Å². The van der Waals surface area contributed by atoms with E-state index in [-0.39, 0.29) is 23.3 Å². The quantitative estimate of drug-likeness (QED) is 0.782. The molecule has 1 aromatic rings. The van der Waals surface area contributed by atoms with Crippen molar-refractivity contribution in [3.05, 3.63) is 28.7 Å². The number of sulfonamides is 1. The zero-order valence-corrected chi connectivity index (χ0v) is 14.6. The molecule has 1 aromatic carbocycles. The number of benzene rings is 1. The van der Waals surface area contributed by atoms with Gasteiger partial charge in [-0.05, 0) is 40.9 Å². The van der Waals surface area contributed by atoms with Gasteiger partial charge in [0, 0.05) is 30.7 Å². The van der Waals surface area contributed by atoms with Crippen molar-refractivity contribution in [2.24, 2.45) is 11.7 Å². The molecule has 8 heteroatoms. The Labute approximate surface area is 139 Å². The Bertz CT molecular complexity index is 636. The van der Waals surface area contributed by atoms with Crippen molar-refractivity contribution in [3.8, 4) is 0 Å². The van der Waals surface area contributed by atoms with Gasteiger partial charge in [0.05, 0.1) is 10.8 Å². The molecule has 1 aliphatic rings. The second-order valence-electron chi connectivity index (χ2n) is 5.21. The largest absolute Gasteiger partial charge is 0.355 e. The molecule has 6 nitrogen and oxygen atoms in total. The molecule has 1 atom stereocenters. The average Bonchev–Trinajstić information content (AvgIpc) is 2.53. The zero-order valence-electron chi connectivity index (χ0n) is 12.2. The summed E-state index contributed by atoms with van der Waals surface area (Å²) in [6.45, 7) is 1.42. The Morgan fingerprint density at radius 2 is 2.14 bits per heavy atom. The maximum atomic E-state index is 12.7. The van der Waals surface area contributed by atoms with Crippen LogP contribution in [0.1, 0.15) is 12.8 Å². The van der Waals surface area contributed by atoms with E-state index >= 15 is 0 Å². The van der Waals surface area contributed by atoms with Gasteiger partial charge >= 0.3 is 0 Å². The third-order valence-electron chi connectivity index (χ3n) is 3.65. The second kappa shape index (κ2) is 7.54. The van der Waals surface area contributed by atoms with Crippen molar-refractivity contribution in [2.75, 3.05) is 26.2 Å². The predicted octanol–water partition coefficient (Wildman–Crippen LogP) is 0.925. The molecule has 22 heavy (non-hydrogen) atoms. The lowest BCUT2D eigenvalue weighted by molar-refractivity contribution is -0.126. The van der Waals surface area contributed by atoms with Crippen molar-refractivity contribution in [1.82, 2.24) is 9.62 Å². The van der Waals surface area contributed by atoms with Crippen LogP contribution in [-0.4, -0.2) is 44.8 Å². The van der Waals surface area contributed by atoms with Gasteiger partial charge in [0.25, 0.3) is 0 Å². The summed E-state index contributed by atoms with van der Waals surface area (Å²) in [6.07, 6.45) is 1.36. The van der Waals surface area contributed by atoms with Crippen LogP contribution >= 0.6 is 15.9 Å². The summed E-state index contributed by atoms with van der Waals surface area (Å²) in [4.78, 5) is 12.3. The Hall–Kier alpha value is -0.960. The van der Waals surface area contributed by atoms with Crippen molar-refractivity contribution in [2.45, 2.75) is 17.7 Å². The second-order valence-corrected chi connectivity index (χ2v) is 7.97. The number of nitrogens with one attached hydrogen (secondary N) is 1. The van der Waals surface area contributed by atoms with E-state index in [1.54, 1.807) is 24.3 Å². The fourth-order valence-electron chi connectivity index (χ4n) is 2.51. The molecule has 0 saturated carbocycles. The van der Waals surface area contributed by atoms with Crippen LogP contribution < -0.4 is 11.1 Å². The number of carbonyl (C=O) groups is 1. The molecule has 2 rings (SSSR count). The molecule has 0 aliphatic carbocycles. The average molecular weight is 390 g/mol. The van der Waals surface area contributed by atoms with Gasteiger partial charge in [-0.15, -0.1) is 0 Å². The molecular formula is C14H20BrN3O3S. The molecule has 1 amide bonds. The summed E-state index contributed by atoms with van der Waals surface area (Å²) >= 11 is 3.28. The van der Waals surface area contributed by atoms with Gasteiger partial charge in [0.2, 0.25) is 15.9 Å². The smallest absolute Gasteiger partial charge is 0.244 e. The molecular weight excluding hydrogens is 370 g/mol. The van der Waals surface area contributed by atoms with Crippen molar-refractivity contribution >= 4 is 31.9 Å². The maximum Gasteiger partial charge on any atom is 0.244 e. The number of amides is 1. The molecule has 0 aromatic heterocycles. The molecule has 0 radical (unpaired) electrons. The van der Waals surface area contributed by atoms with Crippen LogP contribution in [0.4, 0.5) is 0 Å². The lowest BCUT2D eigenvalue weighted by Gasteiger charge is -2.31. The number of hydrogen-bond acceptors (Lipinski definition) is 4. The number of piperidine rings is 1. The summed E-state index contributed by atoms with van der Waals surface area (Å²) in [6, 6.07) is 6.72. The Balaban J connectivity index is 2.15. The van der Waals surface area contributed by atoms with E-state index in [9.17, 15) is 13.2 Å². The van der Waals surface area contributed by atoms with E-state index in [1.807, 2.05) is 0 Å². The summed E-state index contributed by atoms with van der Waals surface area (Å²) in [7, 11) is -3.60. The molecule has 122 valence electrons. The minimum atomic E-state index is -3.60. The Kier molecular flexibility index (Phi) is 5.96. The van der Waals surface area contributed by atoms with Gasteiger partial charge in [0.1, 0.15) is 0 Å². The normalized spacial score (nSPS) is 19.8. The van der Waals surface area contributed by atoms with E-state index in [4.69, 9.17) is 5.73 Å². The third-order valence-corrected chi connectivity index (χ3v) is 6.53. The Morgan fingerprint density at radius 1 is 1.41 bits per heavy atom. The van der Waals surface area contributed by atoms with E-state index in [1.165, 1.54) is 4.31 Å². The van der Waals surface area contributed by atoms with Crippen LogP contribution in [0.15, 0.2) is 33.6 Å². The van der Waals surface area contributed by atoms with Crippen molar-refractivity contribution in [1.29, 1.82) is 0 Å². The molecule has 0 bridgehead atoms. The first-order chi connectivity index (χ1) is 10.5. The van der Waals surface area contributed by atoms with Gasteiger partial charge < -0.3 is 11.1 Å². The van der Waals surface area contributed by atoms with Gasteiger partial charge in [-0.2, -0.15) is 4.31 Å². The number of halogens is 1. The first kappa shape index (κ1) is 17.4. The van der Waals surface area contributed by atoms with E-state index < -0.39 is 10.0 Å². The van der Waals surface area contributed by atoms with Crippen LogP contribution in [0.25, 0.3) is 0 Å². The summed E-state index contributed by atoms with van der Waals surface area (Å²) in [5.74, 6) is -0.449. The SMILES string of the molecule is NCCNC(=O)C1CCCN(S(=O)(=O)c2ccccc2Br)C1. The fourth-order valence-corrected chi connectivity index (χ4v) is 4.99. The van der Waals surface area contributed by atoms with E-state index in [0.717, 1.165) is 0 Å².